The van der Waals surface area contributed by atoms with Gasteiger partial charge in [0.25, 0.3) is 5.91 Å². The largest absolute Gasteiger partial charge is 0.396 e. The lowest BCUT2D eigenvalue weighted by molar-refractivity contribution is 0.0957. The number of amides is 1. The molecule has 112 valence electrons. The first-order chi connectivity index (χ1) is 9.72. The topological polar surface area (TPSA) is 91.5 Å². The third-order valence-corrected chi connectivity index (χ3v) is 4.48. The molecule has 0 spiro atoms. The van der Waals surface area contributed by atoms with Crippen molar-refractivity contribution in [3.63, 3.8) is 0 Å². The molecule has 0 bridgehead atoms. The lowest BCUT2D eigenvalue weighted by atomic mass is 10.2. The molecule has 0 unspecified atom stereocenters. The van der Waals surface area contributed by atoms with Gasteiger partial charge in [0.15, 0.2) is 5.13 Å². The maximum atomic E-state index is 12.0. The second-order valence-electron chi connectivity index (χ2n) is 4.95. The molecular formula is C13H22N4O2S. The highest BCUT2D eigenvalue weighted by molar-refractivity contribution is 7.18. The van der Waals surface area contributed by atoms with E-state index in [0.29, 0.717) is 17.2 Å². The molecule has 2 heterocycles. The molecule has 0 aromatic carbocycles. The van der Waals surface area contributed by atoms with Crippen LogP contribution in [0.5, 0.6) is 0 Å². The van der Waals surface area contributed by atoms with Crippen LogP contribution in [0, 0.1) is 0 Å². The van der Waals surface area contributed by atoms with Crippen molar-refractivity contribution in [2.24, 2.45) is 0 Å². The van der Waals surface area contributed by atoms with Crippen molar-refractivity contribution in [2.45, 2.75) is 32.1 Å². The Labute approximate surface area is 123 Å². The van der Waals surface area contributed by atoms with Crippen molar-refractivity contribution in [2.75, 3.05) is 36.9 Å². The number of aliphatic hydroxyl groups excluding tert-OH is 1. The molecule has 1 aliphatic rings. The number of anilines is 2. The van der Waals surface area contributed by atoms with Gasteiger partial charge in [-0.25, -0.2) is 4.98 Å². The molecule has 20 heavy (non-hydrogen) atoms. The highest BCUT2D eigenvalue weighted by atomic mass is 32.1. The lowest BCUT2D eigenvalue weighted by Gasteiger charge is -2.11. The molecule has 2 rings (SSSR count). The zero-order chi connectivity index (χ0) is 14.4. The Morgan fingerprint density at radius 1 is 1.35 bits per heavy atom. The summed E-state index contributed by atoms with van der Waals surface area (Å²) in [5.74, 6) is 0.180. The first-order valence-electron chi connectivity index (χ1n) is 7.12. The number of carbonyl (C=O) groups excluding carboxylic acids is 1. The molecule has 1 aliphatic heterocycles. The molecule has 1 amide bonds. The van der Waals surface area contributed by atoms with Gasteiger partial charge in [-0.2, -0.15) is 0 Å². The quantitative estimate of drug-likeness (QED) is 0.658. The normalized spacial score (nSPS) is 14.8. The number of thiazole rings is 1. The number of aliphatic hydroxyl groups is 1. The summed E-state index contributed by atoms with van der Waals surface area (Å²) in [7, 11) is 0. The van der Waals surface area contributed by atoms with Crippen molar-refractivity contribution < 1.29 is 9.90 Å². The monoisotopic (exact) mass is 298 g/mol. The summed E-state index contributed by atoms with van der Waals surface area (Å²) in [6, 6.07) is 0. The summed E-state index contributed by atoms with van der Waals surface area (Å²) < 4.78 is 0. The van der Waals surface area contributed by atoms with Crippen LogP contribution in [0.15, 0.2) is 0 Å². The van der Waals surface area contributed by atoms with E-state index in [9.17, 15) is 4.79 Å². The molecule has 0 saturated carbocycles. The maximum absolute atomic E-state index is 12.0. The van der Waals surface area contributed by atoms with Crippen molar-refractivity contribution in [1.82, 2.24) is 10.3 Å². The first kappa shape index (κ1) is 15.1. The smallest absolute Gasteiger partial charge is 0.265 e. The van der Waals surface area contributed by atoms with E-state index in [0.717, 1.165) is 37.5 Å². The molecule has 0 radical (unpaired) electrons. The van der Waals surface area contributed by atoms with E-state index < -0.39 is 0 Å². The van der Waals surface area contributed by atoms with Crippen LogP contribution in [0.4, 0.5) is 10.9 Å². The van der Waals surface area contributed by atoms with Gasteiger partial charge in [0.1, 0.15) is 10.7 Å². The van der Waals surface area contributed by atoms with Crippen LogP contribution < -0.4 is 16.0 Å². The van der Waals surface area contributed by atoms with Crippen LogP contribution in [-0.4, -0.2) is 42.2 Å². The van der Waals surface area contributed by atoms with Gasteiger partial charge in [-0.05, 0) is 32.1 Å². The highest BCUT2D eigenvalue weighted by Crippen LogP contribution is 2.30. The minimum Gasteiger partial charge on any atom is -0.396 e. The molecule has 0 atom stereocenters. The van der Waals surface area contributed by atoms with Crippen LogP contribution in [0.1, 0.15) is 41.8 Å². The van der Waals surface area contributed by atoms with E-state index in [2.05, 4.69) is 15.2 Å². The fraction of sp³-hybridized carbons (Fsp3) is 0.692. The molecule has 1 aromatic rings. The Kier molecular flexibility index (Phi) is 5.60. The lowest BCUT2D eigenvalue weighted by Crippen LogP contribution is -2.24. The Morgan fingerprint density at radius 3 is 2.80 bits per heavy atom. The number of hydrogen-bond acceptors (Lipinski definition) is 6. The average Bonchev–Trinajstić information content (AvgIpc) is 3.07. The average molecular weight is 298 g/mol. The van der Waals surface area contributed by atoms with Gasteiger partial charge in [0.05, 0.1) is 0 Å². The van der Waals surface area contributed by atoms with E-state index >= 15 is 0 Å². The molecule has 6 nitrogen and oxygen atoms in total. The van der Waals surface area contributed by atoms with E-state index in [4.69, 9.17) is 10.8 Å². The van der Waals surface area contributed by atoms with E-state index in [1.54, 1.807) is 0 Å². The number of nitrogen functional groups attached to an aromatic ring is 1. The van der Waals surface area contributed by atoms with E-state index in [1.165, 1.54) is 24.2 Å². The predicted octanol–water partition coefficient (Wildman–Crippen LogP) is 1.22. The van der Waals surface area contributed by atoms with Crippen molar-refractivity contribution in [3.05, 3.63) is 4.88 Å². The van der Waals surface area contributed by atoms with Crippen LogP contribution >= 0.6 is 11.3 Å². The maximum Gasteiger partial charge on any atom is 0.265 e. The number of unbranched alkanes of at least 4 members (excludes halogenated alkanes) is 2. The first-order valence-corrected chi connectivity index (χ1v) is 7.94. The van der Waals surface area contributed by atoms with Crippen LogP contribution in [0.3, 0.4) is 0 Å². The Bertz CT molecular complexity index is 444. The molecule has 7 heteroatoms. The Hall–Kier alpha value is -1.34. The van der Waals surface area contributed by atoms with Gasteiger partial charge in [0.2, 0.25) is 0 Å². The summed E-state index contributed by atoms with van der Waals surface area (Å²) in [5, 5.41) is 12.4. The van der Waals surface area contributed by atoms with Gasteiger partial charge < -0.3 is 21.1 Å². The third-order valence-electron chi connectivity index (χ3n) is 3.35. The number of nitrogens with zero attached hydrogens (tertiary/aromatic N) is 2. The molecule has 1 aromatic heterocycles. The van der Waals surface area contributed by atoms with Gasteiger partial charge in [-0.1, -0.05) is 11.3 Å². The Balaban J connectivity index is 1.86. The number of hydrogen-bond donors (Lipinski definition) is 3. The minimum atomic E-state index is -0.144. The molecule has 4 N–H and O–H groups in total. The van der Waals surface area contributed by atoms with Crippen LogP contribution in [0.25, 0.3) is 0 Å². The van der Waals surface area contributed by atoms with Crippen LogP contribution in [0.2, 0.25) is 0 Å². The fourth-order valence-electron chi connectivity index (χ4n) is 2.22. The fourth-order valence-corrected chi connectivity index (χ4v) is 3.18. The molecule has 1 saturated heterocycles. The minimum absolute atomic E-state index is 0.144. The number of carbonyl (C=O) groups is 1. The zero-order valence-corrected chi connectivity index (χ0v) is 12.4. The van der Waals surface area contributed by atoms with Crippen molar-refractivity contribution in [1.29, 1.82) is 0 Å². The summed E-state index contributed by atoms with van der Waals surface area (Å²) in [6.45, 7) is 2.80. The van der Waals surface area contributed by atoms with Gasteiger partial charge >= 0.3 is 0 Å². The Morgan fingerprint density at radius 2 is 2.10 bits per heavy atom. The van der Waals surface area contributed by atoms with Gasteiger partial charge in [-0.15, -0.1) is 0 Å². The molecule has 1 fully saturated rings. The summed E-state index contributed by atoms with van der Waals surface area (Å²) in [5.41, 5.74) is 5.84. The number of nitrogens with one attached hydrogen (secondary N) is 1. The van der Waals surface area contributed by atoms with Crippen molar-refractivity contribution in [3.8, 4) is 0 Å². The van der Waals surface area contributed by atoms with Crippen LogP contribution in [-0.2, 0) is 0 Å². The summed E-state index contributed by atoms with van der Waals surface area (Å²) in [4.78, 5) is 19.0. The van der Waals surface area contributed by atoms with E-state index in [-0.39, 0.29) is 12.5 Å². The highest BCUT2D eigenvalue weighted by Gasteiger charge is 2.21. The SMILES string of the molecule is Nc1nc(N2CCCC2)sc1C(=O)NCCCCCO. The van der Waals surface area contributed by atoms with Crippen molar-refractivity contribution >= 4 is 28.2 Å². The van der Waals surface area contributed by atoms with E-state index in [1.807, 2.05) is 0 Å². The number of rotatable bonds is 7. The number of nitrogens with two attached hydrogens (primary N) is 1. The summed E-state index contributed by atoms with van der Waals surface area (Å²) >= 11 is 1.37. The predicted molar refractivity (Wildman–Crippen MR) is 81.2 cm³/mol. The second kappa shape index (κ2) is 7.44. The van der Waals surface area contributed by atoms with Gasteiger partial charge in [-0.3, -0.25) is 4.79 Å². The standard InChI is InChI=1S/C13H22N4O2S/c14-11-10(12(19)15-6-2-1-5-9-18)20-13(16-11)17-7-3-4-8-17/h18H,1-9,14H2,(H,15,19). The van der Waals surface area contributed by atoms with Gasteiger partial charge in [0, 0.05) is 26.2 Å². The number of aromatic nitrogens is 1. The molecular weight excluding hydrogens is 276 g/mol. The second-order valence-corrected chi connectivity index (χ2v) is 5.92. The summed E-state index contributed by atoms with van der Waals surface area (Å²) in [6.07, 6.45) is 4.90. The zero-order valence-electron chi connectivity index (χ0n) is 11.6. The third kappa shape index (κ3) is 3.83. The molecule has 0 aliphatic carbocycles.